The maximum absolute atomic E-state index is 12.6. The fourth-order valence-corrected chi connectivity index (χ4v) is 5.40. The van der Waals surface area contributed by atoms with Crippen molar-refractivity contribution in [2.24, 2.45) is 0 Å². The lowest BCUT2D eigenvalue weighted by atomic mass is 10.1. The average Bonchev–Trinajstić information content (AvgIpc) is 2.92. The van der Waals surface area contributed by atoms with E-state index in [1.54, 1.807) is 6.08 Å². The number of unbranched alkanes of at least 4 members (excludes halogenated alkanes) is 17. The molecule has 0 aliphatic carbocycles. The Labute approximate surface area is 259 Å². The lowest BCUT2D eigenvalue weighted by Gasteiger charge is -2.29. The first-order chi connectivity index (χ1) is 20.0. The maximum atomic E-state index is 12.6. The first-order valence-electron chi connectivity index (χ1n) is 17.1. The summed E-state index contributed by atoms with van der Waals surface area (Å²) in [6.45, 7) is 4.57. The predicted molar refractivity (Wildman–Crippen MR) is 173 cm³/mol. The highest BCUT2D eigenvalue weighted by atomic mass is 31.2. The van der Waals surface area contributed by atoms with Crippen molar-refractivity contribution in [3.63, 3.8) is 0 Å². The number of amides is 1. The molecule has 42 heavy (non-hydrogen) atoms. The number of aliphatic hydroxyl groups excluding tert-OH is 1. The van der Waals surface area contributed by atoms with Crippen molar-refractivity contribution < 1.29 is 32.9 Å². The highest BCUT2D eigenvalue weighted by molar-refractivity contribution is 7.45. The number of carbonyl (C=O) groups is 1. The molecule has 0 radical (unpaired) electrons. The number of allylic oxidation sites excluding steroid dienone is 1. The minimum atomic E-state index is -4.56. The van der Waals surface area contributed by atoms with Crippen LogP contribution in [0.5, 0.6) is 0 Å². The molecule has 3 atom stereocenters. The van der Waals surface area contributed by atoms with Gasteiger partial charge in [-0.3, -0.25) is 9.36 Å². The Balaban J connectivity index is 4.62. The molecule has 0 saturated heterocycles. The third-order valence-electron chi connectivity index (χ3n) is 7.50. The van der Waals surface area contributed by atoms with Crippen LogP contribution in [-0.2, 0) is 18.4 Å². The number of likely N-dealkylation sites (N-methyl/N-ethyl adjacent to an activating group) is 1. The van der Waals surface area contributed by atoms with E-state index in [9.17, 15) is 19.4 Å². The van der Waals surface area contributed by atoms with Crippen molar-refractivity contribution in [3.8, 4) is 0 Å². The van der Waals surface area contributed by atoms with Gasteiger partial charge in [0.2, 0.25) is 5.91 Å². The number of quaternary nitrogens is 1. The minimum Gasteiger partial charge on any atom is -0.756 e. The fourth-order valence-electron chi connectivity index (χ4n) is 4.68. The molecule has 0 aromatic carbocycles. The smallest absolute Gasteiger partial charge is 0.268 e. The number of rotatable bonds is 30. The highest BCUT2D eigenvalue weighted by Crippen LogP contribution is 2.38. The molecule has 2 N–H and O–H groups in total. The average molecular weight is 619 g/mol. The Morgan fingerprint density at radius 3 is 1.79 bits per heavy atom. The number of nitrogens with zero attached hydrogens (tertiary/aromatic N) is 1. The predicted octanol–water partition coefficient (Wildman–Crippen LogP) is 7.44. The van der Waals surface area contributed by atoms with Gasteiger partial charge >= 0.3 is 0 Å². The summed E-state index contributed by atoms with van der Waals surface area (Å²) in [4.78, 5) is 24.9. The monoisotopic (exact) mass is 618 g/mol. The van der Waals surface area contributed by atoms with E-state index in [0.29, 0.717) is 17.4 Å². The Morgan fingerprint density at radius 2 is 1.29 bits per heavy atom. The van der Waals surface area contributed by atoms with Crippen LogP contribution in [0, 0.1) is 0 Å². The molecule has 0 aromatic heterocycles. The van der Waals surface area contributed by atoms with Crippen LogP contribution in [0.1, 0.15) is 142 Å². The highest BCUT2D eigenvalue weighted by Gasteiger charge is 2.23. The Hall–Kier alpha value is -0.760. The van der Waals surface area contributed by atoms with Gasteiger partial charge in [-0.15, -0.1) is 0 Å². The molecule has 9 heteroatoms. The third kappa shape index (κ3) is 28.0. The van der Waals surface area contributed by atoms with Crippen LogP contribution in [0.15, 0.2) is 12.2 Å². The van der Waals surface area contributed by atoms with Gasteiger partial charge in [0.1, 0.15) is 13.2 Å². The zero-order chi connectivity index (χ0) is 31.5. The van der Waals surface area contributed by atoms with Crippen LogP contribution in [0.4, 0.5) is 0 Å². The second-order valence-electron chi connectivity index (χ2n) is 12.9. The van der Waals surface area contributed by atoms with E-state index < -0.39 is 20.0 Å². The van der Waals surface area contributed by atoms with Gasteiger partial charge in [0.05, 0.1) is 39.9 Å². The van der Waals surface area contributed by atoms with E-state index in [4.69, 9.17) is 9.05 Å². The lowest BCUT2D eigenvalue weighted by molar-refractivity contribution is -0.870. The van der Waals surface area contributed by atoms with Crippen molar-refractivity contribution >= 4 is 13.7 Å². The minimum absolute atomic E-state index is 0.00105. The molecule has 0 spiro atoms. The third-order valence-corrected chi connectivity index (χ3v) is 8.46. The van der Waals surface area contributed by atoms with Gasteiger partial charge < -0.3 is 28.8 Å². The van der Waals surface area contributed by atoms with Crippen molar-refractivity contribution in [1.82, 2.24) is 5.32 Å². The zero-order valence-corrected chi connectivity index (χ0v) is 28.9. The molecule has 0 fully saturated rings. The quantitative estimate of drug-likeness (QED) is 0.0375. The summed E-state index contributed by atoms with van der Waals surface area (Å²) >= 11 is 0. The molecule has 0 aromatic rings. The lowest BCUT2D eigenvalue weighted by Crippen LogP contribution is -2.45. The largest absolute Gasteiger partial charge is 0.756 e. The molecular weight excluding hydrogens is 551 g/mol. The van der Waals surface area contributed by atoms with E-state index in [-0.39, 0.29) is 19.1 Å². The fraction of sp³-hybridized carbons (Fsp3) is 0.909. The summed E-state index contributed by atoms with van der Waals surface area (Å²) in [5.74, 6) is -0.205. The summed E-state index contributed by atoms with van der Waals surface area (Å²) in [5.41, 5.74) is 0. The van der Waals surface area contributed by atoms with E-state index in [0.717, 1.165) is 38.5 Å². The Morgan fingerprint density at radius 1 is 0.810 bits per heavy atom. The number of aliphatic hydroxyl groups is 1. The zero-order valence-electron chi connectivity index (χ0n) is 28.0. The standard InChI is InChI=1S/C33H67N2O6P/c1-6-8-10-12-14-16-17-18-19-20-22-24-26-32(36)31(30-41-42(38,39)40-29-28-35(3,4)5)34-33(37)27-25-23-21-15-13-11-9-7-2/h24,26,31-32,36H,6-23,25,27-30H2,1-5H3,(H-,34,37,38,39)/b26-24+/t31-,32+/m0/s1. The van der Waals surface area contributed by atoms with Crippen molar-refractivity contribution in [3.05, 3.63) is 12.2 Å². The van der Waals surface area contributed by atoms with Crippen molar-refractivity contribution in [2.45, 2.75) is 154 Å². The van der Waals surface area contributed by atoms with E-state index in [1.165, 1.54) is 83.5 Å². The molecule has 8 nitrogen and oxygen atoms in total. The summed E-state index contributed by atoms with van der Waals surface area (Å²) in [6, 6.07) is -0.875. The van der Waals surface area contributed by atoms with Crippen LogP contribution in [0.2, 0.25) is 0 Å². The van der Waals surface area contributed by atoms with Gasteiger partial charge in [-0.25, -0.2) is 0 Å². The normalized spacial score (nSPS) is 15.1. The van der Waals surface area contributed by atoms with Crippen molar-refractivity contribution in [1.29, 1.82) is 0 Å². The number of nitrogens with one attached hydrogen (secondary N) is 1. The maximum Gasteiger partial charge on any atom is 0.268 e. The van der Waals surface area contributed by atoms with Gasteiger partial charge in [0, 0.05) is 6.42 Å². The summed E-state index contributed by atoms with van der Waals surface area (Å²) in [6.07, 6.45) is 25.4. The van der Waals surface area contributed by atoms with Crippen LogP contribution in [-0.4, -0.2) is 68.5 Å². The first-order valence-corrected chi connectivity index (χ1v) is 18.5. The summed E-state index contributed by atoms with van der Waals surface area (Å²) < 4.78 is 22.9. The Kier molecular flexibility index (Phi) is 26.1. The number of hydrogen-bond donors (Lipinski definition) is 2. The molecular formula is C33H67N2O6P. The number of hydrogen-bond acceptors (Lipinski definition) is 6. The second kappa shape index (κ2) is 26.6. The van der Waals surface area contributed by atoms with Crippen LogP contribution in [0.3, 0.4) is 0 Å². The van der Waals surface area contributed by atoms with E-state index >= 15 is 0 Å². The first kappa shape index (κ1) is 41.2. The van der Waals surface area contributed by atoms with E-state index in [1.807, 2.05) is 27.2 Å². The van der Waals surface area contributed by atoms with Crippen molar-refractivity contribution in [2.75, 3.05) is 40.9 Å². The van der Waals surface area contributed by atoms with Crippen LogP contribution in [0.25, 0.3) is 0 Å². The molecule has 0 rings (SSSR count). The molecule has 0 heterocycles. The van der Waals surface area contributed by atoms with Gasteiger partial charge in [-0.1, -0.05) is 129 Å². The van der Waals surface area contributed by atoms with Gasteiger partial charge in [-0.05, 0) is 19.3 Å². The van der Waals surface area contributed by atoms with Gasteiger partial charge in [0.15, 0.2) is 0 Å². The summed E-state index contributed by atoms with van der Waals surface area (Å²) in [5, 5.41) is 13.6. The molecule has 0 aliphatic rings. The number of phosphoric acid groups is 1. The molecule has 1 unspecified atom stereocenters. The molecule has 0 bridgehead atoms. The molecule has 0 aliphatic heterocycles. The Bertz CT molecular complexity index is 713. The molecule has 1 amide bonds. The second-order valence-corrected chi connectivity index (χ2v) is 14.3. The van der Waals surface area contributed by atoms with E-state index in [2.05, 4.69) is 19.2 Å². The SMILES string of the molecule is CCCCCCCCCCCC/C=C/[C@@H](O)[C@H](COP(=O)([O-])OCC[N+](C)(C)C)NC(=O)CCCCCCCCCC. The van der Waals surface area contributed by atoms with Crippen LogP contribution < -0.4 is 10.2 Å². The summed E-state index contributed by atoms with van der Waals surface area (Å²) in [7, 11) is 1.26. The number of phosphoric ester groups is 1. The number of carbonyl (C=O) groups excluding carboxylic acids is 1. The van der Waals surface area contributed by atoms with Gasteiger partial charge in [-0.2, -0.15) is 0 Å². The van der Waals surface area contributed by atoms with Gasteiger partial charge in [0.25, 0.3) is 7.82 Å². The molecule has 0 saturated carbocycles. The topological polar surface area (TPSA) is 108 Å². The molecule has 250 valence electrons. The van der Waals surface area contributed by atoms with Crippen LogP contribution >= 0.6 is 7.82 Å².